The maximum absolute atomic E-state index is 13.2. The lowest BCUT2D eigenvalue weighted by atomic mass is 10.0. The smallest absolute Gasteiger partial charge is 0.241 e. The summed E-state index contributed by atoms with van der Waals surface area (Å²) in [6, 6.07) is 9.47. The standard InChI is InChI=1S/C22H29ClN4O3S/c1-16(2)14-20(25-31(29,30)19-7-4-17(3)5-8-19)22(28)27-12-10-26(11-13-27)21-9-6-18(23)15-24-21/h4-9,15-16,20,25H,10-14H2,1-3H3. The second-order valence-corrected chi connectivity index (χ2v) is 10.4. The quantitative estimate of drug-likeness (QED) is 0.680. The number of hydrogen-bond acceptors (Lipinski definition) is 5. The summed E-state index contributed by atoms with van der Waals surface area (Å²) >= 11 is 5.91. The van der Waals surface area contributed by atoms with Crippen molar-refractivity contribution in [2.45, 2.75) is 38.1 Å². The number of amides is 1. The molecular weight excluding hydrogens is 436 g/mol. The minimum Gasteiger partial charge on any atom is -0.353 e. The van der Waals surface area contributed by atoms with Crippen LogP contribution < -0.4 is 9.62 Å². The molecule has 1 aliphatic rings. The Morgan fingerprint density at radius 2 is 1.74 bits per heavy atom. The van der Waals surface area contributed by atoms with Gasteiger partial charge in [0, 0.05) is 32.4 Å². The molecule has 0 bridgehead atoms. The Hall–Kier alpha value is -2.16. The van der Waals surface area contributed by atoms with E-state index < -0.39 is 16.1 Å². The zero-order valence-electron chi connectivity index (χ0n) is 18.1. The molecule has 0 aliphatic carbocycles. The lowest BCUT2D eigenvalue weighted by Crippen LogP contribution is -2.55. The van der Waals surface area contributed by atoms with E-state index in [9.17, 15) is 13.2 Å². The molecule has 1 saturated heterocycles. The zero-order chi connectivity index (χ0) is 22.6. The van der Waals surface area contributed by atoms with Gasteiger partial charge in [-0.2, -0.15) is 4.72 Å². The van der Waals surface area contributed by atoms with Gasteiger partial charge in [0.25, 0.3) is 0 Å². The molecule has 168 valence electrons. The molecular formula is C22H29ClN4O3S. The summed E-state index contributed by atoms with van der Waals surface area (Å²) in [5.74, 6) is 0.789. The molecule has 0 radical (unpaired) electrons. The fourth-order valence-corrected chi connectivity index (χ4v) is 4.89. The number of sulfonamides is 1. The molecule has 0 saturated carbocycles. The zero-order valence-corrected chi connectivity index (χ0v) is 19.7. The predicted octanol–water partition coefficient (Wildman–Crippen LogP) is 3.09. The van der Waals surface area contributed by atoms with Crippen LogP contribution in [0.4, 0.5) is 5.82 Å². The van der Waals surface area contributed by atoms with Gasteiger partial charge in [-0.15, -0.1) is 0 Å². The second-order valence-electron chi connectivity index (χ2n) is 8.26. The van der Waals surface area contributed by atoms with Crippen LogP contribution >= 0.6 is 11.6 Å². The number of piperazine rings is 1. The number of anilines is 1. The van der Waals surface area contributed by atoms with Gasteiger partial charge in [0.15, 0.2) is 0 Å². The molecule has 1 N–H and O–H groups in total. The van der Waals surface area contributed by atoms with E-state index in [2.05, 4.69) is 14.6 Å². The third-order valence-electron chi connectivity index (χ3n) is 5.26. The van der Waals surface area contributed by atoms with E-state index in [1.807, 2.05) is 26.8 Å². The highest BCUT2D eigenvalue weighted by Crippen LogP contribution is 2.19. The number of pyridine rings is 1. The first-order valence-corrected chi connectivity index (χ1v) is 12.3. The first-order valence-electron chi connectivity index (χ1n) is 10.4. The number of rotatable bonds is 7. The van der Waals surface area contributed by atoms with Crippen molar-refractivity contribution < 1.29 is 13.2 Å². The van der Waals surface area contributed by atoms with Crippen LogP contribution in [0, 0.1) is 12.8 Å². The van der Waals surface area contributed by atoms with E-state index in [0.29, 0.717) is 37.6 Å². The Morgan fingerprint density at radius 3 is 2.29 bits per heavy atom. The van der Waals surface area contributed by atoms with Crippen LogP contribution in [0.15, 0.2) is 47.5 Å². The Balaban J connectivity index is 1.68. The van der Waals surface area contributed by atoms with Crippen LogP contribution in [-0.4, -0.2) is 56.4 Å². The van der Waals surface area contributed by atoms with E-state index in [4.69, 9.17) is 11.6 Å². The van der Waals surface area contributed by atoms with E-state index in [1.54, 1.807) is 41.4 Å². The molecule has 1 fully saturated rings. The van der Waals surface area contributed by atoms with Crippen molar-refractivity contribution in [3.05, 3.63) is 53.2 Å². The summed E-state index contributed by atoms with van der Waals surface area (Å²) in [7, 11) is -3.79. The summed E-state index contributed by atoms with van der Waals surface area (Å²) in [5, 5.41) is 0.579. The minimum atomic E-state index is -3.79. The van der Waals surface area contributed by atoms with Gasteiger partial charge in [0.05, 0.1) is 9.92 Å². The number of benzene rings is 1. The van der Waals surface area contributed by atoms with E-state index in [-0.39, 0.29) is 16.7 Å². The topological polar surface area (TPSA) is 82.6 Å². The monoisotopic (exact) mass is 464 g/mol. The Labute approximate surface area is 189 Å². The molecule has 2 heterocycles. The summed E-state index contributed by atoms with van der Waals surface area (Å²) in [6.07, 6.45) is 2.04. The van der Waals surface area contributed by atoms with Gasteiger partial charge in [-0.05, 0) is 43.5 Å². The molecule has 1 aromatic carbocycles. The largest absolute Gasteiger partial charge is 0.353 e. The molecule has 1 aromatic heterocycles. The average molecular weight is 465 g/mol. The highest BCUT2D eigenvalue weighted by Gasteiger charge is 2.31. The highest BCUT2D eigenvalue weighted by molar-refractivity contribution is 7.89. The van der Waals surface area contributed by atoms with Crippen LogP contribution in [0.25, 0.3) is 0 Å². The maximum Gasteiger partial charge on any atom is 0.241 e. The highest BCUT2D eigenvalue weighted by atomic mass is 35.5. The number of nitrogens with one attached hydrogen (secondary N) is 1. The SMILES string of the molecule is Cc1ccc(S(=O)(=O)NC(CC(C)C)C(=O)N2CCN(c3ccc(Cl)cn3)CC2)cc1. The number of nitrogens with zero attached hydrogens (tertiary/aromatic N) is 3. The summed E-state index contributed by atoms with van der Waals surface area (Å²) in [4.78, 5) is 21.6. The first-order chi connectivity index (χ1) is 14.7. The number of carbonyl (C=O) groups excluding carboxylic acids is 1. The Bertz CT molecular complexity index is 986. The summed E-state index contributed by atoms with van der Waals surface area (Å²) in [6.45, 7) is 8.11. The van der Waals surface area contributed by atoms with Crippen LogP contribution in [-0.2, 0) is 14.8 Å². The van der Waals surface area contributed by atoms with Gasteiger partial charge in [0.1, 0.15) is 11.9 Å². The van der Waals surface area contributed by atoms with Gasteiger partial charge in [0.2, 0.25) is 15.9 Å². The molecule has 31 heavy (non-hydrogen) atoms. The van der Waals surface area contributed by atoms with Gasteiger partial charge >= 0.3 is 0 Å². The average Bonchev–Trinajstić information content (AvgIpc) is 2.73. The normalized spacial score (nSPS) is 15.9. The van der Waals surface area contributed by atoms with E-state index in [1.165, 1.54) is 0 Å². The lowest BCUT2D eigenvalue weighted by Gasteiger charge is -2.37. The number of carbonyl (C=O) groups is 1. The minimum absolute atomic E-state index is 0.161. The Morgan fingerprint density at radius 1 is 1.10 bits per heavy atom. The third-order valence-corrected chi connectivity index (χ3v) is 6.97. The van der Waals surface area contributed by atoms with Crippen molar-refractivity contribution in [2.24, 2.45) is 5.92 Å². The van der Waals surface area contributed by atoms with Gasteiger partial charge in [-0.3, -0.25) is 4.79 Å². The number of aromatic nitrogens is 1. The molecule has 1 amide bonds. The van der Waals surface area contributed by atoms with Crippen molar-refractivity contribution >= 4 is 33.3 Å². The number of aryl methyl sites for hydroxylation is 1. The number of hydrogen-bond donors (Lipinski definition) is 1. The van der Waals surface area contributed by atoms with Crippen molar-refractivity contribution in [2.75, 3.05) is 31.1 Å². The molecule has 7 nitrogen and oxygen atoms in total. The van der Waals surface area contributed by atoms with Crippen molar-refractivity contribution in [1.82, 2.24) is 14.6 Å². The molecule has 2 aromatic rings. The van der Waals surface area contributed by atoms with Crippen LogP contribution in [0.5, 0.6) is 0 Å². The summed E-state index contributed by atoms with van der Waals surface area (Å²) in [5.41, 5.74) is 0.974. The van der Waals surface area contributed by atoms with Crippen LogP contribution in [0.2, 0.25) is 5.02 Å². The third kappa shape index (κ3) is 6.18. The fourth-order valence-electron chi connectivity index (χ4n) is 3.57. The van der Waals surface area contributed by atoms with Gasteiger partial charge in [-0.25, -0.2) is 13.4 Å². The molecule has 1 aliphatic heterocycles. The van der Waals surface area contributed by atoms with Crippen molar-refractivity contribution in [3.8, 4) is 0 Å². The lowest BCUT2D eigenvalue weighted by molar-refractivity contribution is -0.133. The van der Waals surface area contributed by atoms with Gasteiger partial charge < -0.3 is 9.80 Å². The van der Waals surface area contributed by atoms with Crippen molar-refractivity contribution in [1.29, 1.82) is 0 Å². The second kappa shape index (κ2) is 9.97. The predicted molar refractivity (Wildman–Crippen MR) is 123 cm³/mol. The van der Waals surface area contributed by atoms with Crippen LogP contribution in [0.1, 0.15) is 25.8 Å². The molecule has 1 unspecified atom stereocenters. The maximum atomic E-state index is 13.2. The van der Waals surface area contributed by atoms with E-state index in [0.717, 1.165) is 11.4 Å². The first kappa shape index (κ1) is 23.5. The van der Waals surface area contributed by atoms with Crippen molar-refractivity contribution in [3.63, 3.8) is 0 Å². The fraction of sp³-hybridized carbons (Fsp3) is 0.455. The van der Waals surface area contributed by atoms with E-state index >= 15 is 0 Å². The number of halogens is 1. The van der Waals surface area contributed by atoms with Gasteiger partial charge in [-0.1, -0.05) is 43.1 Å². The molecule has 9 heteroatoms. The molecule has 3 rings (SSSR count). The molecule has 1 atom stereocenters. The summed E-state index contributed by atoms with van der Waals surface area (Å²) < 4.78 is 28.4. The molecule has 0 spiro atoms. The van der Waals surface area contributed by atoms with Crippen LogP contribution in [0.3, 0.4) is 0 Å². The Kier molecular flexibility index (Phi) is 7.56.